The zero-order chi connectivity index (χ0) is 13.2. The molecule has 7 heteroatoms. The van der Waals surface area contributed by atoms with Crippen molar-refractivity contribution in [2.45, 2.75) is 19.0 Å². The lowest BCUT2D eigenvalue weighted by Gasteiger charge is -2.03. The van der Waals surface area contributed by atoms with Crippen LogP contribution >= 0.6 is 0 Å². The second-order valence-electron chi connectivity index (χ2n) is 3.57. The Bertz CT molecular complexity index is 448. The molecule has 0 bridgehead atoms. The van der Waals surface area contributed by atoms with E-state index in [0.29, 0.717) is 0 Å². The van der Waals surface area contributed by atoms with Gasteiger partial charge in [0, 0.05) is 25.2 Å². The molecular formula is C10H10F3NO3. The molecule has 0 saturated carbocycles. The molecule has 1 aromatic rings. The molecule has 0 fully saturated rings. The summed E-state index contributed by atoms with van der Waals surface area (Å²) < 4.78 is 36.9. The Morgan fingerprint density at radius 3 is 2.41 bits per heavy atom. The van der Waals surface area contributed by atoms with Crippen LogP contribution in [0.2, 0.25) is 0 Å². The minimum atomic E-state index is -4.39. The first-order valence-electron chi connectivity index (χ1n) is 4.70. The molecule has 1 rings (SSSR count). The Morgan fingerprint density at radius 2 is 2.00 bits per heavy atom. The maximum Gasteiger partial charge on any atom is 0.389 e. The molecule has 1 heterocycles. The molecule has 0 saturated heterocycles. The molecule has 0 aliphatic rings. The zero-order valence-electron chi connectivity index (χ0n) is 8.91. The van der Waals surface area contributed by atoms with E-state index in [4.69, 9.17) is 5.11 Å². The quantitative estimate of drug-likeness (QED) is 0.832. The normalized spacial score (nSPS) is 11.5. The Hall–Kier alpha value is -1.79. The third-order valence-electron chi connectivity index (χ3n) is 2.18. The molecule has 4 nitrogen and oxygen atoms in total. The molecule has 0 radical (unpaired) electrons. The number of carbonyl (C=O) groups excluding carboxylic acids is 1. The van der Waals surface area contributed by atoms with Gasteiger partial charge in [0.05, 0.1) is 6.42 Å². The molecule has 0 atom stereocenters. The van der Waals surface area contributed by atoms with E-state index < -0.39 is 30.8 Å². The number of carboxylic acids is 1. The van der Waals surface area contributed by atoms with Gasteiger partial charge in [0.2, 0.25) is 0 Å². The van der Waals surface area contributed by atoms with Crippen molar-refractivity contribution >= 4 is 11.8 Å². The highest BCUT2D eigenvalue weighted by atomic mass is 19.4. The minimum absolute atomic E-state index is 0.0193. The van der Waals surface area contributed by atoms with Crippen LogP contribution in [0, 0.1) is 0 Å². The van der Waals surface area contributed by atoms with Crippen molar-refractivity contribution in [1.29, 1.82) is 0 Å². The molecule has 17 heavy (non-hydrogen) atoms. The number of carbonyl (C=O) groups is 2. The van der Waals surface area contributed by atoms with Gasteiger partial charge < -0.3 is 9.67 Å². The molecule has 1 N–H and O–H groups in total. The molecule has 1 aromatic heterocycles. The third kappa shape index (κ3) is 3.61. The van der Waals surface area contributed by atoms with E-state index in [0.717, 1.165) is 6.07 Å². The second-order valence-corrected chi connectivity index (χ2v) is 3.57. The summed E-state index contributed by atoms with van der Waals surface area (Å²) >= 11 is 0. The molecule has 0 aromatic carbocycles. The number of rotatable bonds is 4. The third-order valence-corrected chi connectivity index (χ3v) is 2.18. The maximum atomic E-state index is 11.9. The van der Waals surface area contributed by atoms with Crippen LogP contribution in [-0.4, -0.2) is 27.6 Å². The highest BCUT2D eigenvalue weighted by Gasteiger charge is 2.28. The molecular weight excluding hydrogens is 239 g/mol. The predicted octanol–water partition coefficient (Wildman–Crippen LogP) is 2.25. The van der Waals surface area contributed by atoms with Gasteiger partial charge >= 0.3 is 12.1 Å². The number of aryl methyl sites for hydroxylation is 1. The van der Waals surface area contributed by atoms with Crippen molar-refractivity contribution in [1.82, 2.24) is 4.57 Å². The lowest BCUT2D eigenvalue weighted by molar-refractivity contribution is -0.133. The first-order valence-corrected chi connectivity index (χ1v) is 4.70. The van der Waals surface area contributed by atoms with E-state index in [2.05, 4.69) is 0 Å². The van der Waals surface area contributed by atoms with Gasteiger partial charge in [0.15, 0.2) is 5.78 Å². The summed E-state index contributed by atoms with van der Waals surface area (Å²) in [5.74, 6) is -1.95. The Morgan fingerprint density at radius 1 is 1.41 bits per heavy atom. The van der Waals surface area contributed by atoms with Crippen LogP contribution in [0.4, 0.5) is 13.2 Å². The summed E-state index contributed by atoms with van der Waals surface area (Å²) in [4.78, 5) is 22.0. The number of ketones is 1. The fraction of sp³-hybridized carbons (Fsp3) is 0.400. The number of aromatic carboxylic acids is 1. The van der Waals surface area contributed by atoms with Gasteiger partial charge in [-0.25, -0.2) is 4.79 Å². The first-order chi connectivity index (χ1) is 7.70. The van der Waals surface area contributed by atoms with Crippen LogP contribution < -0.4 is 0 Å². The average molecular weight is 249 g/mol. The molecule has 0 aliphatic heterocycles. The molecule has 0 amide bonds. The number of hydrogen-bond donors (Lipinski definition) is 1. The lowest BCUT2D eigenvalue weighted by atomic mass is 10.1. The minimum Gasteiger partial charge on any atom is -0.477 e. The fourth-order valence-electron chi connectivity index (χ4n) is 1.33. The standard InChI is InChI=1S/C10H10F3NO3/c1-14-5-6(4-7(14)9(16)17)8(15)2-3-10(11,12)13/h4-5H,2-3H2,1H3,(H,16,17). The van der Waals surface area contributed by atoms with Crippen molar-refractivity contribution < 1.29 is 27.9 Å². The van der Waals surface area contributed by atoms with Crippen LogP contribution in [0.5, 0.6) is 0 Å². The number of alkyl halides is 3. The number of halogens is 3. The van der Waals surface area contributed by atoms with E-state index in [1.807, 2.05) is 0 Å². The van der Waals surface area contributed by atoms with E-state index in [1.165, 1.54) is 17.8 Å². The van der Waals surface area contributed by atoms with Crippen molar-refractivity contribution in [3.05, 3.63) is 23.5 Å². The number of nitrogens with zero attached hydrogens (tertiary/aromatic N) is 1. The summed E-state index contributed by atoms with van der Waals surface area (Å²) in [6.07, 6.45) is -5.06. The smallest absolute Gasteiger partial charge is 0.389 e. The average Bonchev–Trinajstić information content (AvgIpc) is 2.55. The van der Waals surface area contributed by atoms with Crippen LogP contribution in [0.3, 0.4) is 0 Å². The lowest BCUT2D eigenvalue weighted by Crippen LogP contribution is -2.10. The summed E-state index contributed by atoms with van der Waals surface area (Å²) in [6, 6.07) is 1.07. The van der Waals surface area contributed by atoms with Crippen LogP contribution in [0.15, 0.2) is 12.3 Å². The number of hydrogen-bond acceptors (Lipinski definition) is 2. The van der Waals surface area contributed by atoms with E-state index in [-0.39, 0.29) is 11.3 Å². The van der Waals surface area contributed by atoms with Crippen LogP contribution in [-0.2, 0) is 7.05 Å². The SMILES string of the molecule is Cn1cc(C(=O)CCC(F)(F)F)cc1C(=O)O. The number of carboxylic acid groups (broad SMARTS) is 1. The van der Waals surface area contributed by atoms with Gasteiger partial charge in [-0.1, -0.05) is 0 Å². The monoisotopic (exact) mass is 249 g/mol. The van der Waals surface area contributed by atoms with E-state index in [9.17, 15) is 22.8 Å². The summed E-state index contributed by atoms with van der Waals surface area (Å²) in [5, 5.41) is 8.71. The highest BCUT2D eigenvalue weighted by molar-refractivity contribution is 5.98. The van der Waals surface area contributed by atoms with Gasteiger partial charge in [0.25, 0.3) is 0 Å². The molecule has 0 unspecified atom stereocenters. The van der Waals surface area contributed by atoms with Crippen molar-refractivity contribution in [3.63, 3.8) is 0 Å². The summed E-state index contributed by atoms with van der Waals surface area (Å²) in [7, 11) is 1.41. The Labute approximate surface area is 94.7 Å². The Balaban J connectivity index is 2.77. The first kappa shape index (κ1) is 13.3. The van der Waals surface area contributed by atoms with Gasteiger partial charge in [-0.3, -0.25) is 4.79 Å². The second kappa shape index (κ2) is 4.60. The predicted molar refractivity (Wildman–Crippen MR) is 52.0 cm³/mol. The zero-order valence-corrected chi connectivity index (χ0v) is 8.91. The maximum absolute atomic E-state index is 11.9. The summed E-state index contributed by atoms with van der Waals surface area (Å²) in [5.41, 5.74) is -0.158. The molecule has 0 spiro atoms. The van der Waals surface area contributed by atoms with Gasteiger partial charge in [0.1, 0.15) is 5.69 Å². The van der Waals surface area contributed by atoms with E-state index >= 15 is 0 Å². The van der Waals surface area contributed by atoms with Gasteiger partial charge in [-0.2, -0.15) is 13.2 Å². The fourth-order valence-corrected chi connectivity index (χ4v) is 1.33. The highest BCUT2D eigenvalue weighted by Crippen LogP contribution is 2.23. The Kier molecular flexibility index (Phi) is 3.59. The topological polar surface area (TPSA) is 59.3 Å². The largest absolute Gasteiger partial charge is 0.477 e. The van der Waals surface area contributed by atoms with Crippen LogP contribution in [0.25, 0.3) is 0 Å². The van der Waals surface area contributed by atoms with Crippen LogP contribution in [0.1, 0.15) is 33.7 Å². The van der Waals surface area contributed by atoms with Crippen molar-refractivity contribution in [2.24, 2.45) is 7.05 Å². The van der Waals surface area contributed by atoms with Gasteiger partial charge in [-0.05, 0) is 6.07 Å². The molecule has 0 aliphatic carbocycles. The van der Waals surface area contributed by atoms with Gasteiger partial charge in [-0.15, -0.1) is 0 Å². The summed E-state index contributed by atoms with van der Waals surface area (Å²) in [6.45, 7) is 0. The van der Waals surface area contributed by atoms with Crippen molar-refractivity contribution in [2.75, 3.05) is 0 Å². The van der Waals surface area contributed by atoms with E-state index in [1.54, 1.807) is 0 Å². The van der Waals surface area contributed by atoms with Crippen molar-refractivity contribution in [3.8, 4) is 0 Å². The molecule has 94 valence electrons. The number of Topliss-reactive ketones (excluding diaryl/α,β-unsaturated/α-hetero) is 1. The number of aromatic nitrogens is 1.